The minimum absolute atomic E-state index is 0.116. The van der Waals surface area contributed by atoms with Crippen LogP contribution in [0.25, 0.3) is 10.8 Å². The minimum Gasteiger partial charge on any atom is -0.337 e. The Morgan fingerprint density at radius 1 is 0.952 bits per heavy atom. The molecule has 0 bridgehead atoms. The van der Waals surface area contributed by atoms with E-state index < -0.39 is 0 Å². The van der Waals surface area contributed by atoms with Crippen molar-refractivity contribution in [3.05, 3.63) is 48.0 Å². The van der Waals surface area contributed by atoms with Gasteiger partial charge in [-0.1, -0.05) is 50.2 Å². The van der Waals surface area contributed by atoms with Gasteiger partial charge >= 0.3 is 0 Å². The highest BCUT2D eigenvalue weighted by Crippen LogP contribution is 2.15. The maximum atomic E-state index is 11.1. The van der Waals surface area contributed by atoms with E-state index in [1.54, 1.807) is 11.8 Å². The number of ketones is 1. The molecule has 0 atom stereocenters. The van der Waals surface area contributed by atoms with Crippen LogP contribution in [0.1, 0.15) is 44.0 Å². The summed E-state index contributed by atoms with van der Waals surface area (Å²) in [6.45, 7) is 8.39. The van der Waals surface area contributed by atoms with Crippen molar-refractivity contribution in [2.75, 3.05) is 20.1 Å². The molecule has 2 heteroatoms. The van der Waals surface area contributed by atoms with Crippen molar-refractivity contribution in [1.82, 2.24) is 0 Å². The van der Waals surface area contributed by atoms with Crippen molar-refractivity contribution in [3.63, 3.8) is 0 Å². The van der Waals surface area contributed by atoms with Crippen LogP contribution in [0.2, 0.25) is 0 Å². The number of Topliss-reactive ketones (excluding diaryl/α,β-unsaturated/α-hetero) is 1. The molecular formula is C19H28NO+. The van der Waals surface area contributed by atoms with Crippen molar-refractivity contribution in [3.8, 4) is 0 Å². The smallest absolute Gasteiger partial charge is 0.159 e. The maximum absolute atomic E-state index is 11.1. The fraction of sp³-hybridized carbons (Fsp3) is 0.421. The molecule has 1 saturated heterocycles. The van der Waals surface area contributed by atoms with Gasteiger partial charge in [-0.05, 0) is 23.8 Å². The van der Waals surface area contributed by atoms with Crippen molar-refractivity contribution in [2.45, 2.75) is 33.6 Å². The van der Waals surface area contributed by atoms with Gasteiger partial charge in [0.05, 0.1) is 20.1 Å². The summed E-state index contributed by atoms with van der Waals surface area (Å²) < 4.78 is 0. The molecule has 1 aliphatic rings. The summed E-state index contributed by atoms with van der Waals surface area (Å²) in [5.74, 6) is 0.116. The molecule has 114 valence electrons. The van der Waals surface area contributed by atoms with Crippen LogP contribution in [0.15, 0.2) is 42.5 Å². The van der Waals surface area contributed by atoms with E-state index in [-0.39, 0.29) is 5.78 Å². The molecule has 3 rings (SSSR count). The van der Waals surface area contributed by atoms with Crippen molar-refractivity contribution in [2.24, 2.45) is 0 Å². The van der Waals surface area contributed by atoms with Crippen LogP contribution in [0.3, 0.4) is 0 Å². The SMILES string of the molecule is CC.CC(=O)c1ccc2ccccc2c1.C[NH+]1CCCC1. The second-order valence-corrected chi connectivity index (χ2v) is 5.28. The average Bonchev–Trinajstić information content (AvgIpc) is 3.00. The highest BCUT2D eigenvalue weighted by Gasteiger charge is 2.07. The Morgan fingerprint density at radius 3 is 2.00 bits per heavy atom. The first-order valence-electron chi connectivity index (χ1n) is 7.98. The number of hydrogen-bond donors (Lipinski definition) is 1. The third-order valence-corrected chi connectivity index (χ3v) is 3.61. The van der Waals surface area contributed by atoms with E-state index in [0.29, 0.717) is 0 Å². The normalized spacial score (nSPS) is 13.9. The largest absolute Gasteiger partial charge is 0.337 e. The summed E-state index contributed by atoms with van der Waals surface area (Å²) in [5, 5.41) is 2.29. The first-order valence-corrected chi connectivity index (χ1v) is 7.98. The Balaban J connectivity index is 0.000000231. The lowest BCUT2D eigenvalue weighted by Crippen LogP contribution is -3.06. The highest BCUT2D eigenvalue weighted by molar-refractivity contribution is 5.98. The molecule has 2 aromatic rings. The van der Waals surface area contributed by atoms with E-state index >= 15 is 0 Å². The molecule has 0 saturated carbocycles. The fourth-order valence-electron chi connectivity index (χ4n) is 2.39. The van der Waals surface area contributed by atoms with E-state index in [2.05, 4.69) is 7.05 Å². The second-order valence-electron chi connectivity index (χ2n) is 5.28. The van der Waals surface area contributed by atoms with Crippen molar-refractivity contribution >= 4 is 16.6 Å². The Morgan fingerprint density at radius 2 is 1.52 bits per heavy atom. The molecule has 21 heavy (non-hydrogen) atoms. The van der Waals surface area contributed by atoms with E-state index in [1.165, 1.54) is 31.3 Å². The number of carbonyl (C=O) groups excluding carboxylic acids is 1. The van der Waals surface area contributed by atoms with E-state index in [1.807, 2.05) is 56.3 Å². The van der Waals surface area contributed by atoms with Gasteiger partial charge in [0.15, 0.2) is 5.78 Å². The molecule has 0 aromatic heterocycles. The fourth-order valence-corrected chi connectivity index (χ4v) is 2.39. The van der Waals surface area contributed by atoms with Crippen LogP contribution in [-0.4, -0.2) is 25.9 Å². The van der Waals surface area contributed by atoms with Crippen LogP contribution in [0.4, 0.5) is 0 Å². The predicted molar refractivity (Wildman–Crippen MR) is 91.2 cm³/mol. The zero-order valence-electron chi connectivity index (χ0n) is 13.8. The molecule has 0 amide bonds. The number of quaternary nitrogens is 1. The number of benzene rings is 2. The Kier molecular flexibility index (Phi) is 7.70. The van der Waals surface area contributed by atoms with Gasteiger partial charge in [0.2, 0.25) is 0 Å². The summed E-state index contributed by atoms with van der Waals surface area (Å²) in [6.07, 6.45) is 2.90. The van der Waals surface area contributed by atoms with E-state index in [0.717, 1.165) is 10.9 Å². The minimum atomic E-state index is 0.116. The third kappa shape index (κ3) is 5.68. The number of nitrogens with one attached hydrogen (secondary N) is 1. The number of rotatable bonds is 1. The highest BCUT2D eigenvalue weighted by atomic mass is 16.1. The molecule has 0 unspecified atom stereocenters. The number of likely N-dealkylation sites (tertiary alicyclic amines) is 1. The molecular weight excluding hydrogens is 258 g/mol. The summed E-state index contributed by atoms with van der Waals surface area (Å²) in [4.78, 5) is 12.8. The third-order valence-electron chi connectivity index (χ3n) is 3.61. The standard InChI is InChI=1S/C12H10O.C5H11N.C2H6/c1-9(13)11-7-6-10-4-2-3-5-12(10)8-11;1-6-4-2-3-5-6;1-2/h2-8H,1H3;2-5H2,1H3;1-2H3/p+1. The number of fused-ring (bicyclic) bond motifs is 1. The number of carbonyl (C=O) groups is 1. The average molecular weight is 286 g/mol. The maximum Gasteiger partial charge on any atom is 0.159 e. The first-order chi connectivity index (χ1) is 10.2. The van der Waals surface area contributed by atoms with Crippen LogP contribution in [-0.2, 0) is 0 Å². The predicted octanol–water partition coefficient (Wildman–Crippen LogP) is 3.36. The molecule has 0 spiro atoms. The lowest BCUT2D eigenvalue weighted by atomic mass is 10.1. The molecule has 0 radical (unpaired) electrons. The second kappa shape index (κ2) is 9.30. The van der Waals surface area contributed by atoms with Gasteiger partial charge in [-0.25, -0.2) is 0 Å². The first kappa shape index (κ1) is 17.4. The Bertz CT molecular complexity index is 556. The Hall–Kier alpha value is -1.67. The lowest BCUT2D eigenvalue weighted by molar-refractivity contribution is -0.866. The molecule has 0 aliphatic carbocycles. The van der Waals surface area contributed by atoms with Gasteiger partial charge in [0.25, 0.3) is 0 Å². The van der Waals surface area contributed by atoms with Gasteiger partial charge in [-0.2, -0.15) is 0 Å². The topological polar surface area (TPSA) is 21.5 Å². The van der Waals surface area contributed by atoms with E-state index in [9.17, 15) is 4.79 Å². The quantitative estimate of drug-likeness (QED) is 0.798. The van der Waals surface area contributed by atoms with Crippen molar-refractivity contribution < 1.29 is 9.69 Å². The van der Waals surface area contributed by atoms with Gasteiger partial charge in [-0.15, -0.1) is 0 Å². The summed E-state index contributed by atoms with van der Waals surface area (Å²) in [5.41, 5.74) is 0.777. The molecule has 1 heterocycles. The van der Waals surface area contributed by atoms with Gasteiger partial charge in [0.1, 0.15) is 0 Å². The molecule has 1 fully saturated rings. The van der Waals surface area contributed by atoms with Crippen LogP contribution < -0.4 is 4.90 Å². The molecule has 2 aromatic carbocycles. The summed E-state index contributed by atoms with van der Waals surface area (Å²) in [7, 11) is 2.26. The summed E-state index contributed by atoms with van der Waals surface area (Å²) in [6, 6.07) is 13.8. The molecule has 1 aliphatic heterocycles. The van der Waals surface area contributed by atoms with Gasteiger partial charge in [-0.3, -0.25) is 4.79 Å². The number of hydrogen-bond acceptors (Lipinski definition) is 1. The Labute approximate surface area is 128 Å². The monoisotopic (exact) mass is 286 g/mol. The lowest BCUT2D eigenvalue weighted by Gasteiger charge is -1.99. The molecule has 1 N–H and O–H groups in total. The van der Waals surface area contributed by atoms with Crippen molar-refractivity contribution in [1.29, 1.82) is 0 Å². The van der Waals surface area contributed by atoms with E-state index in [4.69, 9.17) is 0 Å². The zero-order valence-corrected chi connectivity index (χ0v) is 13.8. The van der Waals surface area contributed by atoms with Gasteiger partial charge in [0, 0.05) is 18.4 Å². The van der Waals surface area contributed by atoms with Crippen LogP contribution >= 0.6 is 0 Å². The van der Waals surface area contributed by atoms with Crippen LogP contribution in [0, 0.1) is 0 Å². The zero-order chi connectivity index (χ0) is 15.7. The molecule has 2 nitrogen and oxygen atoms in total. The van der Waals surface area contributed by atoms with Gasteiger partial charge < -0.3 is 4.90 Å². The van der Waals surface area contributed by atoms with Crippen LogP contribution in [0.5, 0.6) is 0 Å². The summed E-state index contributed by atoms with van der Waals surface area (Å²) >= 11 is 0.